The number of nitrogens with one attached hydrogen (secondary N) is 2. The number of carbonyl (C=O) groups is 1. The average Bonchev–Trinajstić information content (AvgIpc) is 2.57. The minimum atomic E-state index is -5.22. The molecule has 0 fully saturated rings. The second kappa shape index (κ2) is 7.78. The van der Waals surface area contributed by atoms with E-state index in [4.69, 9.17) is 23.2 Å². The number of anilines is 2. The molecule has 0 aromatic heterocycles. The standard InChI is InChI=1S/C16H13Cl2F3N2O4S/c1-15(25,16(19,20)21)14(24)22-12-7-6-9(8-11(12)18)28(26,27)23-13-5-3-2-4-10(13)17/h2-8,23,25H,1H3,(H,22,24)/t15-/m1/s1. The summed E-state index contributed by atoms with van der Waals surface area (Å²) in [5, 5.41) is 11.0. The van der Waals surface area contributed by atoms with Gasteiger partial charge in [0, 0.05) is 0 Å². The van der Waals surface area contributed by atoms with Gasteiger partial charge in [0.2, 0.25) is 5.60 Å². The van der Waals surface area contributed by atoms with Gasteiger partial charge in [0.05, 0.1) is 26.3 Å². The summed E-state index contributed by atoms with van der Waals surface area (Å²) in [5.74, 6) is -1.77. The van der Waals surface area contributed by atoms with Crippen molar-refractivity contribution in [2.45, 2.75) is 23.6 Å². The fraction of sp³-hybridized carbons (Fsp3) is 0.188. The molecule has 0 spiro atoms. The van der Waals surface area contributed by atoms with Crippen LogP contribution >= 0.6 is 23.2 Å². The van der Waals surface area contributed by atoms with Crippen LogP contribution < -0.4 is 10.0 Å². The van der Waals surface area contributed by atoms with Crippen molar-refractivity contribution < 1.29 is 31.5 Å². The SMILES string of the molecule is C[C@@](O)(C(=O)Nc1ccc(S(=O)(=O)Nc2ccccc2Cl)cc1Cl)C(F)(F)F. The molecular formula is C16H13Cl2F3N2O4S. The zero-order valence-electron chi connectivity index (χ0n) is 14.0. The van der Waals surface area contributed by atoms with Crippen molar-refractivity contribution in [1.82, 2.24) is 0 Å². The fourth-order valence-corrected chi connectivity index (χ4v) is 3.52. The largest absolute Gasteiger partial charge is 0.426 e. The topological polar surface area (TPSA) is 95.5 Å². The van der Waals surface area contributed by atoms with Crippen LogP contribution in [0, 0.1) is 0 Å². The number of halogens is 5. The van der Waals surface area contributed by atoms with E-state index in [0.29, 0.717) is 0 Å². The van der Waals surface area contributed by atoms with Crippen LogP contribution in [0.2, 0.25) is 10.0 Å². The molecule has 0 aliphatic rings. The van der Waals surface area contributed by atoms with Crippen molar-refractivity contribution in [3.63, 3.8) is 0 Å². The van der Waals surface area contributed by atoms with Crippen LogP contribution in [-0.2, 0) is 14.8 Å². The van der Waals surface area contributed by atoms with E-state index in [0.717, 1.165) is 18.2 Å². The van der Waals surface area contributed by atoms with E-state index in [9.17, 15) is 31.5 Å². The Kier molecular flexibility index (Phi) is 6.19. The lowest BCUT2D eigenvalue weighted by molar-refractivity contribution is -0.242. The van der Waals surface area contributed by atoms with Gasteiger partial charge in [-0.2, -0.15) is 13.2 Å². The number of alkyl halides is 3. The first-order valence-electron chi connectivity index (χ1n) is 7.43. The normalized spacial score (nSPS) is 14.2. The van der Waals surface area contributed by atoms with E-state index in [1.807, 2.05) is 5.32 Å². The van der Waals surface area contributed by atoms with Gasteiger partial charge in [0.15, 0.2) is 0 Å². The number of sulfonamides is 1. The number of hydrogen-bond donors (Lipinski definition) is 3. The number of hydrogen-bond acceptors (Lipinski definition) is 4. The molecule has 3 N–H and O–H groups in total. The van der Waals surface area contributed by atoms with Crippen LogP contribution in [0.15, 0.2) is 47.4 Å². The summed E-state index contributed by atoms with van der Waals surface area (Å²) >= 11 is 11.8. The molecule has 12 heteroatoms. The molecule has 0 saturated heterocycles. The molecule has 0 heterocycles. The van der Waals surface area contributed by atoms with E-state index in [1.165, 1.54) is 12.1 Å². The lowest BCUT2D eigenvalue weighted by Crippen LogP contribution is -2.52. The molecule has 2 rings (SSSR count). The lowest BCUT2D eigenvalue weighted by atomic mass is 10.1. The molecule has 0 saturated carbocycles. The van der Waals surface area contributed by atoms with Crippen LogP contribution in [0.3, 0.4) is 0 Å². The molecule has 0 unspecified atom stereocenters. The molecule has 0 radical (unpaired) electrons. The Hall–Kier alpha value is -2.01. The zero-order valence-corrected chi connectivity index (χ0v) is 16.3. The van der Waals surface area contributed by atoms with Gasteiger partial charge in [0.25, 0.3) is 15.9 Å². The monoisotopic (exact) mass is 456 g/mol. The highest BCUT2D eigenvalue weighted by Crippen LogP contribution is 2.33. The molecule has 1 amide bonds. The third-order valence-corrected chi connectivity index (χ3v) is 5.62. The Bertz CT molecular complexity index is 1010. The quantitative estimate of drug-likeness (QED) is 0.632. The van der Waals surface area contributed by atoms with E-state index in [-0.39, 0.29) is 33.2 Å². The summed E-state index contributed by atoms with van der Waals surface area (Å²) in [4.78, 5) is 11.4. The summed E-state index contributed by atoms with van der Waals surface area (Å²) in [6, 6.07) is 8.99. The van der Waals surface area contributed by atoms with Crippen molar-refractivity contribution in [2.75, 3.05) is 10.0 Å². The number of rotatable bonds is 5. The van der Waals surface area contributed by atoms with E-state index in [2.05, 4.69) is 4.72 Å². The maximum atomic E-state index is 12.7. The minimum Gasteiger partial charge on any atom is -0.373 e. The fourth-order valence-electron chi connectivity index (χ4n) is 1.88. The first-order valence-corrected chi connectivity index (χ1v) is 9.67. The summed E-state index contributed by atoms with van der Waals surface area (Å²) in [6.45, 7) is 0.280. The first-order chi connectivity index (χ1) is 12.8. The Labute approximate surface area is 168 Å². The van der Waals surface area contributed by atoms with Gasteiger partial charge in [-0.3, -0.25) is 9.52 Å². The van der Waals surface area contributed by atoms with Crippen molar-refractivity contribution in [2.24, 2.45) is 0 Å². The molecule has 152 valence electrons. The van der Waals surface area contributed by atoms with Crippen LogP contribution in [0.25, 0.3) is 0 Å². The molecule has 0 aliphatic heterocycles. The highest BCUT2D eigenvalue weighted by molar-refractivity contribution is 7.92. The van der Waals surface area contributed by atoms with Crippen LogP contribution in [0.5, 0.6) is 0 Å². The second-order valence-electron chi connectivity index (χ2n) is 5.75. The molecular weight excluding hydrogens is 444 g/mol. The Morgan fingerprint density at radius 1 is 1.04 bits per heavy atom. The van der Waals surface area contributed by atoms with Gasteiger partial charge < -0.3 is 10.4 Å². The first kappa shape index (κ1) is 22.3. The molecule has 6 nitrogen and oxygen atoms in total. The minimum absolute atomic E-state index is 0.110. The van der Waals surface area contributed by atoms with Crippen LogP contribution in [0.4, 0.5) is 24.5 Å². The summed E-state index contributed by atoms with van der Waals surface area (Å²) in [6.07, 6.45) is -5.22. The van der Waals surface area contributed by atoms with Gasteiger partial charge in [-0.15, -0.1) is 0 Å². The number of amides is 1. The predicted octanol–water partition coefficient (Wildman–Crippen LogP) is 4.05. The number of para-hydroxylation sites is 1. The Morgan fingerprint density at radius 2 is 1.64 bits per heavy atom. The molecule has 0 aliphatic carbocycles. The van der Waals surface area contributed by atoms with Crippen molar-refractivity contribution in [3.05, 3.63) is 52.5 Å². The highest BCUT2D eigenvalue weighted by Gasteiger charge is 2.55. The van der Waals surface area contributed by atoms with E-state index < -0.39 is 27.7 Å². The Balaban J connectivity index is 2.27. The third-order valence-electron chi connectivity index (χ3n) is 3.61. The van der Waals surface area contributed by atoms with Gasteiger partial charge in [-0.25, -0.2) is 8.42 Å². The highest BCUT2D eigenvalue weighted by atomic mass is 35.5. The number of aliphatic hydroxyl groups is 1. The third kappa shape index (κ3) is 4.69. The maximum absolute atomic E-state index is 12.7. The predicted molar refractivity (Wildman–Crippen MR) is 99.0 cm³/mol. The molecule has 1 atom stereocenters. The van der Waals surface area contributed by atoms with Crippen molar-refractivity contribution in [1.29, 1.82) is 0 Å². The summed E-state index contributed by atoms with van der Waals surface area (Å²) in [5.41, 5.74) is -3.86. The number of carbonyl (C=O) groups excluding carboxylic acids is 1. The molecule has 28 heavy (non-hydrogen) atoms. The zero-order chi connectivity index (χ0) is 21.3. The van der Waals surface area contributed by atoms with E-state index >= 15 is 0 Å². The van der Waals surface area contributed by atoms with Gasteiger partial charge in [-0.1, -0.05) is 35.3 Å². The van der Waals surface area contributed by atoms with E-state index in [1.54, 1.807) is 12.1 Å². The number of benzene rings is 2. The van der Waals surface area contributed by atoms with Gasteiger partial charge in [-0.05, 0) is 37.3 Å². The average molecular weight is 457 g/mol. The summed E-state index contributed by atoms with van der Waals surface area (Å²) < 4.78 is 65.2. The summed E-state index contributed by atoms with van der Waals surface area (Å²) in [7, 11) is -4.12. The maximum Gasteiger partial charge on any atom is 0.426 e. The molecule has 0 bridgehead atoms. The van der Waals surface area contributed by atoms with Gasteiger partial charge in [0.1, 0.15) is 0 Å². The van der Waals surface area contributed by atoms with Crippen molar-refractivity contribution >= 4 is 50.5 Å². The van der Waals surface area contributed by atoms with Gasteiger partial charge >= 0.3 is 6.18 Å². The van der Waals surface area contributed by atoms with Crippen molar-refractivity contribution in [3.8, 4) is 0 Å². The van der Waals surface area contributed by atoms with Crippen LogP contribution in [-0.4, -0.2) is 31.2 Å². The van der Waals surface area contributed by atoms with Crippen LogP contribution in [0.1, 0.15) is 6.92 Å². The molecule has 2 aromatic carbocycles. The smallest absolute Gasteiger partial charge is 0.373 e. The Morgan fingerprint density at radius 3 is 2.18 bits per heavy atom. The lowest BCUT2D eigenvalue weighted by Gasteiger charge is -2.25. The second-order valence-corrected chi connectivity index (χ2v) is 8.25. The molecule has 2 aromatic rings.